The number of hydrogen-bond donors (Lipinski definition) is 1. The summed E-state index contributed by atoms with van der Waals surface area (Å²) < 4.78 is 6.59. The SMILES string of the molecule is O=C1CCC2(C(=O)O)c3ccc(Br)cc3OCCC2C1. The van der Waals surface area contributed by atoms with Crippen LogP contribution in [0.5, 0.6) is 5.75 Å². The first-order valence-corrected chi connectivity index (χ1v) is 7.51. The highest BCUT2D eigenvalue weighted by molar-refractivity contribution is 9.10. The van der Waals surface area contributed by atoms with Crippen LogP contribution in [0.15, 0.2) is 22.7 Å². The van der Waals surface area contributed by atoms with Gasteiger partial charge in [-0.1, -0.05) is 22.0 Å². The van der Waals surface area contributed by atoms with E-state index in [1.807, 2.05) is 18.2 Å². The van der Waals surface area contributed by atoms with Gasteiger partial charge in [0.05, 0.1) is 6.61 Å². The van der Waals surface area contributed by atoms with Crippen molar-refractivity contribution >= 4 is 27.7 Å². The zero-order chi connectivity index (χ0) is 14.3. The van der Waals surface area contributed by atoms with Gasteiger partial charge in [0.1, 0.15) is 16.9 Å². The molecule has 1 aromatic rings. The molecule has 3 rings (SSSR count). The molecule has 1 aliphatic carbocycles. The number of carboxylic acids is 1. The predicted octanol–water partition coefficient (Wildman–Crippen LogP) is 2.92. The number of ketones is 1. The number of hydrogen-bond acceptors (Lipinski definition) is 3. The molecule has 20 heavy (non-hydrogen) atoms. The van der Waals surface area contributed by atoms with E-state index in [-0.39, 0.29) is 11.7 Å². The van der Waals surface area contributed by atoms with Crippen LogP contribution in [0.25, 0.3) is 0 Å². The van der Waals surface area contributed by atoms with Gasteiger partial charge in [-0.25, -0.2) is 0 Å². The van der Waals surface area contributed by atoms with Crippen molar-refractivity contribution in [1.82, 2.24) is 0 Å². The molecule has 1 aromatic carbocycles. The lowest BCUT2D eigenvalue weighted by atomic mass is 9.61. The molecule has 1 saturated carbocycles. The van der Waals surface area contributed by atoms with Crippen LogP contribution in [0.2, 0.25) is 0 Å². The maximum Gasteiger partial charge on any atom is 0.314 e. The highest BCUT2D eigenvalue weighted by atomic mass is 79.9. The number of Topliss-reactive ketones (excluding diaryl/α,β-unsaturated/α-hetero) is 1. The third kappa shape index (κ3) is 1.95. The predicted molar refractivity (Wildman–Crippen MR) is 75.9 cm³/mol. The Labute approximate surface area is 125 Å². The van der Waals surface area contributed by atoms with Crippen molar-refractivity contribution in [1.29, 1.82) is 0 Å². The van der Waals surface area contributed by atoms with Gasteiger partial charge < -0.3 is 9.84 Å². The van der Waals surface area contributed by atoms with Crippen LogP contribution in [0.4, 0.5) is 0 Å². The molecule has 106 valence electrons. The lowest BCUT2D eigenvalue weighted by Gasteiger charge is -2.39. The maximum absolute atomic E-state index is 12.0. The lowest BCUT2D eigenvalue weighted by molar-refractivity contribution is -0.149. The Bertz CT molecular complexity index is 583. The second-order valence-corrected chi connectivity index (χ2v) is 6.41. The van der Waals surface area contributed by atoms with Crippen molar-refractivity contribution in [3.05, 3.63) is 28.2 Å². The normalized spacial score (nSPS) is 28.9. The third-order valence-electron chi connectivity index (χ3n) is 4.50. The number of ether oxygens (including phenoxy) is 1. The summed E-state index contributed by atoms with van der Waals surface area (Å²) in [6.45, 7) is 0.455. The fourth-order valence-electron chi connectivity index (χ4n) is 3.49. The number of halogens is 1. The van der Waals surface area contributed by atoms with Gasteiger partial charge in [-0.3, -0.25) is 9.59 Å². The molecule has 2 atom stereocenters. The number of aliphatic carboxylic acids is 1. The molecular formula is C15H15BrO4. The molecule has 0 radical (unpaired) electrons. The number of carbonyl (C=O) groups is 2. The molecule has 0 bridgehead atoms. The van der Waals surface area contributed by atoms with E-state index in [0.29, 0.717) is 43.6 Å². The summed E-state index contributed by atoms with van der Waals surface area (Å²) in [6.07, 6.45) is 1.64. The summed E-state index contributed by atoms with van der Waals surface area (Å²) in [4.78, 5) is 23.8. The fraction of sp³-hybridized carbons (Fsp3) is 0.467. The minimum absolute atomic E-state index is 0.160. The number of carbonyl (C=O) groups excluding carboxylic acids is 1. The number of carboxylic acid groups (broad SMARTS) is 1. The van der Waals surface area contributed by atoms with E-state index in [2.05, 4.69) is 15.9 Å². The number of fused-ring (bicyclic) bond motifs is 3. The number of benzene rings is 1. The first kappa shape index (κ1) is 13.6. The highest BCUT2D eigenvalue weighted by Crippen LogP contribution is 2.49. The monoisotopic (exact) mass is 338 g/mol. The number of rotatable bonds is 1. The Morgan fingerprint density at radius 3 is 3.00 bits per heavy atom. The summed E-state index contributed by atoms with van der Waals surface area (Å²) >= 11 is 3.39. The molecule has 0 spiro atoms. The summed E-state index contributed by atoms with van der Waals surface area (Å²) in [5.74, 6) is -0.237. The van der Waals surface area contributed by atoms with Gasteiger partial charge in [0.15, 0.2) is 0 Å². The van der Waals surface area contributed by atoms with Crippen molar-refractivity contribution in [3.8, 4) is 5.75 Å². The molecule has 2 unspecified atom stereocenters. The second-order valence-electron chi connectivity index (χ2n) is 5.49. The van der Waals surface area contributed by atoms with Gasteiger partial charge >= 0.3 is 5.97 Å². The van der Waals surface area contributed by atoms with E-state index >= 15 is 0 Å². The minimum Gasteiger partial charge on any atom is -0.493 e. The molecule has 1 fully saturated rings. The van der Waals surface area contributed by atoms with Gasteiger partial charge in [-0.05, 0) is 30.9 Å². The molecule has 0 aromatic heterocycles. The molecule has 5 heteroatoms. The molecule has 1 N–H and O–H groups in total. The molecule has 0 saturated heterocycles. The minimum atomic E-state index is -0.986. The Hall–Kier alpha value is -1.36. The average molecular weight is 339 g/mol. The zero-order valence-electron chi connectivity index (χ0n) is 10.9. The van der Waals surface area contributed by atoms with Gasteiger partial charge in [-0.2, -0.15) is 0 Å². The molecule has 1 aliphatic heterocycles. The van der Waals surface area contributed by atoms with Crippen molar-refractivity contribution < 1.29 is 19.4 Å². The van der Waals surface area contributed by atoms with Crippen LogP contribution in [0.3, 0.4) is 0 Å². The smallest absolute Gasteiger partial charge is 0.314 e. The topological polar surface area (TPSA) is 63.6 Å². The van der Waals surface area contributed by atoms with Crippen molar-refractivity contribution in [2.24, 2.45) is 5.92 Å². The van der Waals surface area contributed by atoms with Gasteiger partial charge in [0.2, 0.25) is 0 Å². The van der Waals surface area contributed by atoms with Crippen LogP contribution in [0, 0.1) is 5.92 Å². The van der Waals surface area contributed by atoms with E-state index < -0.39 is 11.4 Å². The van der Waals surface area contributed by atoms with Crippen molar-refractivity contribution in [2.45, 2.75) is 31.1 Å². The summed E-state index contributed by atoms with van der Waals surface area (Å²) in [6, 6.07) is 5.48. The van der Waals surface area contributed by atoms with Crippen LogP contribution >= 0.6 is 15.9 Å². The lowest BCUT2D eigenvalue weighted by Crippen LogP contribution is -2.46. The van der Waals surface area contributed by atoms with E-state index in [0.717, 1.165) is 4.47 Å². The zero-order valence-corrected chi connectivity index (χ0v) is 12.5. The average Bonchev–Trinajstić information content (AvgIpc) is 2.55. The first-order chi connectivity index (χ1) is 9.54. The van der Waals surface area contributed by atoms with E-state index in [4.69, 9.17) is 4.74 Å². The Morgan fingerprint density at radius 2 is 2.25 bits per heavy atom. The molecule has 2 aliphatic rings. The Kier molecular flexibility index (Phi) is 3.32. The molecular weight excluding hydrogens is 324 g/mol. The second kappa shape index (κ2) is 4.88. The molecule has 1 heterocycles. The van der Waals surface area contributed by atoms with Crippen LogP contribution in [0.1, 0.15) is 31.2 Å². The van der Waals surface area contributed by atoms with Crippen LogP contribution in [-0.2, 0) is 15.0 Å². The maximum atomic E-state index is 12.0. The molecule has 0 amide bonds. The van der Waals surface area contributed by atoms with Gasteiger partial charge in [-0.15, -0.1) is 0 Å². The summed E-state index contributed by atoms with van der Waals surface area (Å²) in [5.41, 5.74) is -0.274. The standard InChI is InChI=1S/C15H15BrO4/c16-10-1-2-12-13(8-10)20-6-4-9-7-11(17)3-5-15(9,12)14(18)19/h1-2,8-9H,3-7H2,(H,18,19). The van der Waals surface area contributed by atoms with Gasteiger partial charge in [0, 0.05) is 22.9 Å². The summed E-state index contributed by atoms with van der Waals surface area (Å²) in [5, 5.41) is 9.87. The van der Waals surface area contributed by atoms with E-state index in [1.54, 1.807) is 0 Å². The first-order valence-electron chi connectivity index (χ1n) is 6.72. The van der Waals surface area contributed by atoms with E-state index in [9.17, 15) is 14.7 Å². The van der Waals surface area contributed by atoms with Crippen molar-refractivity contribution in [3.63, 3.8) is 0 Å². The van der Waals surface area contributed by atoms with Crippen LogP contribution in [-0.4, -0.2) is 23.5 Å². The third-order valence-corrected chi connectivity index (χ3v) is 4.99. The molecule has 4 nitrogen and oxygen atoms in total. The van der Waals surface area contributed by atoms with Gasteiger partial charge in [0.25, 0.3) is 0 Å². The summed E-state index contributed by atoms with van der Waals surface area (Å²) in [7, 11) is 0. The highest BCUT2D eigenvalue weighted by Gasteiger charge is 2.52. The Balaban J connectivity index is 2.19. The quantitative estimate of drug-likeness (QED) is 0.855. The largest absolute Gasteiger partial charge is 0.493 e. The fourth-order valence-corrected chi connectivity index (χ4v) is 3.83. The van der Waals surface area contributed by atoms with Crippen LogP contribution < -0.4 is 4.74 Å². The Morgan fingerprint density at radius 1 is 1.45 bits per heavy atom. The van der Waals surface area contributed by atoms with E-state index in [1.165, 1.54) is 0 Å². The van der Waals surface area contributed by atoms with Crippen molar-refractivity contribution in [2.75, 3.05) is 6.61 Å².